The maximum atomic E-state index is 10.0. The largest absolute Gasteiger partial charge is 0.310 e. The van der Waals surface area contributed by atoms with Crippen molar-refractivity contribution < 1.29 is 5.48 Å². The molecule has 0 fully saturated rings. The van der Waals surface area contributed by atoms with E-state index in [1.807, 2.05) is 59.5 Å². The third kappa shape index (κ3) is 5.53. The maximum absolute atomic E-state index is 10.0. The lowest BCUT2D eigenvalue weighted by molar-refractivity contribution is 0.768. The molecule has 1 aliphatic rings. The van der Waals surface area contributed by atoms with Crippen LogP contribution < -0.4 is 4.90 Å². The SMILES string of the molecule is [2H]c1c([2H])c(N(c2cccc(-c3cccc4c3sc3ccccc34)c2)c2cccc3c2-c2ccccc2C3(c2ccccc2)c2ccccc2)c([2H])c([2H])c1-c1cccc2ccccc12. The molecule has 0 N–H and O–H groups in total. The average Bonchev–Trinajstić information content (AvgIpc) is 3.90. The lowest BCUT2D eigenvalue weighted by Gasteiger charge is -2.34. The number of benzene rings is 10. The number of hydrogen-bond donors (Lipinski definition) is 0. The van der Waals surface area contributed by atoms with Gasteiger partial charge < -0.3 is 4.90 Å². The van der Waals surface area contributed by atoms with Gasteiger partial charge in [0.15, 0.2) is 0 Å². The Morgan fingerprint density at radius 3 is 1.82 bits per heavy atom. The van der Waals surface area contributed by atoms with Crippen molar-refractivity contribution in [2.75, 3.05) is 4.90 Å². The Bertz CT molecular complexity index is 3600. The zero-order valence-corrected chi connectivity index (χ0v) is 33.9. The average molecular weight is 798 g/mol. The molecule has 0 bridgehead atoms. The quantitative estimate of drug-likeness (QED) is 0.155. The standard InChI is InChI=1S/C59H39NS/c1-3-20-43(21-4-1)59(44-22-5-2-6-23-44)53-31-11-9-27-52(53)57-54(59)32-16-33-55(57)60(45-37-35-41(36-38-45)48-28-14-18-40-17-7-8-25-47(40)48)46-24-13-19-42(39-46)49-29-15-30-51-50-26-10-12-34-56(50)61-58(49)51/h1-39H/i35D,36D,37D,38D. The van der Waals surface area contributed by atoms with Crippen molar-refractivity contribution in [1.29, 1.82) is 0 Å². The van der Waals surface area contributed by atoms with Gasteiger partial charge in [-0.2, -0.15) is 0 Å². The number of hydrogen-bond acceptors (Lipinski definition) is 2. The third-order valence-electron chi connectivity index (χ3n) is 12.4. The van der Waals surface area contributed by atoms with Crippen molar-refractivity contribution in [3.8, 4) is 33.4 Å². The molecule has 1 aromatic heterocycles. The summed E-state index contributed by atoms with van der Waals surface area (Å²) in [6.07, 6.45) is 0. The summed E-state index contributed by atoms with van der Waals surface area (Å²) in [6, 6.07) is 72.9. The van der Waals surface area contributed by atoms with Crippen LogP contribution in [0.2, 0.25) is 0 Å². The summed E-state index contributed by atoms with van der Waals surface area (Å²) in [5, 5.41) is 4.27. The molecule has 0 radical (unpaired) electrons. The molecule has 0 spiro atoms. The number of thiophene rings is 1. The van der Waals surface area contributed by atoms with E-state index in [2.05, 4.69) is 158 Å². The van der Waals surface area contributed by atoms with Gasteiger partial charge in [0.2, 0.25) is 0 Å². The predicted molar refractivity (Wildman–Crippen MR) is 260 cm³/mol. The highest BCUT2D eigenvalue weighted by atomic mass is 32.1. The van der Waals surface area contributed by atoms with Gasteiger partial charge in [-0.3, -0.25) is 0 Å². The normalized spacial score (nSPS) is 13.6. The van der Waals surface area contributed by atoms with Gasteiger partial charge in [-0.15, -0.1) is 11.3 Å². The van der Waals surface area contributed by atoms with Crippen LogP contribution in [0, 0.1) is 0 Å². The minimum absolute atomic E-state index is 0.0931. The second-order valence-electron chi connectivity index (χ2n) is 15.6. The summed E-state index contributed by atoms with van der Waals surface area (Å²) in [6.45, 7) is 0. The van der Waals surface area contributed by atoms with E-state index in [4.69, 9.17) is 0 Å². The Hall–Kier alpha value is -7.52. The van der Waals surface area contributed by atoms with Crippen LogP contribution in [0.1, 0.15) is 27.7 Å². The lowest BCUT2D eigenvalue weighted by Crippen LogP contribution is -2.28. The van der Waals surface area contributed by atoms with E-state index in [0.717, 1.165) is 66.7 Å². The molecular formula is C59H39NS. The minimum atomic E-state index is -0.693. The Kier molecular flexibility index (Phi) is 7.38. The van der Waals surface area contributed by atoms with Crippen molar-refractivity contribution in [1.82, 2.24) is 0 Å². The lowest BCUT2D eigenvalue weighted by atomic mass is 9.68. The van der Waals surface area contributed by atoms with E-state index in [0.29, 0.717) is 5.56 Å². The zero-order chi connectivity index (χ0) is 43.8. The fourth-order valence-corrected chi connectivity index (χ4v) is 11.1. The molecule has 61 heavy (non-hydrogen) atoms. The molecule has 1 aliphatic carbocycles. The van der Waals surface area contributed by atoms with Crippen molar-refractivity contribution in [2.24, 2.45) is 0 Å². The van der Waals surface area contributed by atoms with Crippen LogP contribution in [0.5, 0.6) is 0 Å². The van der Waals surface area contributed by atoms with Crippen LogP contribution in [-0.2, 0) is 5.41 Å². The summed E-state index contributed by atoms with van der Waals surface area (Å²) < 4.78 is 42.0. The van der Waals surface area contributed by atoms with Crippen molar-refractivity contribution in [3.05, 3.63) is 259 Å². The highest BCUT2D eigenvalue weighted by Crippen LogP contribution is 2.59. The van der Waals surface area contributed by atoms with E-state index in [9.17, 15) is 5.48 Å². The number of nitrogens with zero attached hydrogens (tertiary/aromatic N) is 1. The van der Waals surface area contributed by atoms with Gasteiger partial charge in [-0.1, -0.05) is 200 Å². The van der Waals surface area contributed by atoms with Crippen molar-refractivity contribution in [2.45, 2.75) is 5.41 Å². The summed E-state index contributed by atoms with van der Waals surface area (Å²) >= 11 is 1.78. The minimum Gasteiger partial charge on any atom is -0.310 e. The van der Waals surface area contributed by atoms with Gasteiger partial charge in [0, 0.05) is 37.1 Å². The molecule has 2 heteroatoms. The van der Waals surface area contributed by atoms with E-state index >= 15 is 0 Å². The topological polar surface area (TPSA) is 3.24 Å². The van der Waals surface area contributed by atoms with Gasteiger partial charge in [0.05, 0.1) is 16.6 Å². The van der Waals surface area contributed by atoms with Crippen LogP contribution in [0.4, 0.5) is 17.1 Å². The van der Waals surface area contributed by atoms with Crippen LogP contribution in [0.15, 0.2) is 236 Å². The summed E-state index contributed by atoms with van der Waals surface area (Å²) in [5.74, 6) is 0. The van der Waals surface area contributed by atoms with Crippen molar-refractivity contribution in [3.63, 3.8) is 0 Å². The first-order valence-corrected chi connectivity index (χ1v) is 21.5. The van der Waals surface area contributed by atoms with E-state index in [1.54, 1.807) is 11.3 Å². The second-order valence-corrected chi connectivity index (χ2v) is 16.7. The van der Waals surface area contributed by atoms with Crippen LogP contribution in [0.3, 0.4) is 0 Å². The smallest absolute Gasteiger partial charge is 0.0714 e. The fourth-order valence-electron chi connectivity index (χ4n) is 9.83. The molecule has 10 aromatic carbocycles. The van der Waals surface area contributed by atoms with Gasteiger partial charge in [0.25, 0.3) is 0 Å². The zero-order valence-electron chi connectivity index (χ0n) is 37.1. The highest BCUT2D eigenvalue weighted by Gasteiger charge is 2.47. The Morgan fingerprint density at radius 1 is 0.410 bits per heavy atom. The third-order valence-corrected chi connectivity index (χ3v) is 13.6. The first-order valence-electron chi connectivity index (χ1n) is 22.7. The molecule has 11 aromatic rings. The number of rotatable bonds is 7. The van der Waals surface area contributed by atoms with Gasteiger partial charge in [0.1, 0.15) is 0 Å². The van der Waals surface area contributed by atoms with Gasteiger partial charge in [-0.25, -0.2) is 0 Å². The molecule has 1 heterocycles. The molecule has 0 aliphatic heterocycles. The molecule has 0 atom stereocenters. The predicted octanol–water partition coefficient (Wildman–Crippen LogP) is 16.4. The van der Waals surface area contributed by atoms with E-state index in [-0.39, 0.29) is 35.4 Å². The molecule has 0 saturated heterocycles. The van der Waals surface area contributed by atoms with E-state index < -0.39 is 5.41 Å². The van der Waals surface area contributed by atoms with Gasteiger partial charge in [-0.05, 0) is 97.2 Å². The fraction of sp³-hybridized carbons (Fsp3) is 0.0169. The van der Waals surface area contributed by atoms with Crippen LogP contribution in [-0.4, -0.2) is 0 Å². The Balaban J connectivity index is 1.16. The molecule has 0 saturated carbocycles. The monoisotopic (exact) mass is 797 g/mol. The Morgan fingerprint density at radius 2 is 1.00 bits per heavy atom. The first kappa shape index (κ1) is 31.4. The summed E-state index contributed by atoms with van der Waals surface area (Å²) in [5.41, 5.74) is 10.5. The molecule has 0 unspecified atom stereocenters. The number of fused-ring (bicyclic) bond motifs is 7. The summed E-state index contributed by atoms with van der Waals surface area (Å²) in [7, 11) is 0. The molecule has 1 nitrogen and oxygen atoms in total. The second kappa shape index (κ2) is 14.3. The van der Waals surface area contributed by atoms with Crippen LogP contribution >= 0.6 is 11.3 Å². The van der Waals surface area contributed by atoms with Gasteiger partial charge >= 0.3 is 0 Å². The summed E-state index contributed by atoms with van der Waals surface area (Å²) in [4.78, 5) is 1.99. The molecule has 0 amide bonds. The van der Waals surface area contributed by atoms with E-state index in [1.165, 1.54) is 20.2 Å². The van der Waals surface area contributed by atoms with Crippen molar-refractivity contribution >= 4 is 59.3 Å². The maximum Gasteiger partial charge on any atom is 0.0714 e. The molecular weight excluding hydrogens is 755 g/mol. The Labute approximate surface area is 365 Å². The number of anilines is 3. The van der Waals surface area contributed by atoms with Crippen LogP contribution in [0.25, 0.3) is 64.3 Å². The molecule has 286 valence electrons. The first-order chi connectivity index (χ1) is 31.9. The molecule has 12 rings (SSSR count). The highest BCUT2D eigenvalue weighted by molar-refractivity contribution is 7.26.